The van der Waals surface area contributed by atoms with Crippen LogP contribution >= 0.6 is 0 Å². The van der Waals surface area contributed by atoms with Gasteiger partial charge >= 0.3 is 5.97 Å². The van der Waals surface area contributed by atoms with Crippen molar-refractivity contribution in [3.05, 3.63) is 47.5 Å². The van der Waals surface area contributed by atoms with Gasteiger partial charge in [0.2, 0.25) is 6.79 Å². The molecule has 7 nitrogen and oxygen atoms in total. The number of anilines is 1. The number of hydrogen-bond acceptors (Lipinski definition) is 7. The lowest BCUT2D eigenvalue weighted by Crippen LogP contribution is -2.61. The van der Waals surface area contributed by atoms with E-state index in [9.17, 15) is 4.79 Å². The predicted molar refractivity (Wildman–Crippen MR) is 125 cm³/mol. The molecule has 0 aliphatic carbocycles. The molecule has 0 unspecified atom stereocenters. The van der Waals surface area contributed by atoms with Gasteiger partial charge < -0.3 is 23.8 Å². The van der Waals surface area contributed by atoms with Crippen LogP contribution in [0.25, 0.3) is 0 Å². The molecular formula is C26H32N2O5. The van der Waals surface area contributed by atoms with Gasteiger partial charge in [0.25, 0.3) is 0 Å². The molecule has 3 aliphatic heterocycles. The third-order valence-corrected chi connectivity index (χ3v) is 7.11. The molecular weight excluding hydrogens is 420 g/mol. The maximum absolute atomic E-state index is 13.6. The van der Waals surface area contributed by atoms with E-state index in [1.54, 1.807) is 0 Å². The Kier molecular flexibility index (Phi) is 5.60. The first kappa shape index (κ1) is 21.9. The summed E-state index contributed by atoms with van der Waals surface area (Å²) in [5.41, 5.74) is 2.24. The van der Waals surface area contributed by atoms with Crippen molar-refractivity contribution >= 4 is 11.7 Å². The number of benzene rings is 2. The first-order chi connectivity index (χ1) is 15.9. The van der Waals surface area contributed by atoms with E-state index in [0.717, 1.165) is 48.5 Å². The molecule has 3 aliphatic rings. The predicted octanol–water partition coefficient (Wildman–Crippen LogP) is 4.00. The minimum atomic E-state index is -0.839. The molecule has 0 radical (unpaired) electrons. The minimum absolute atomic E-state index is 0.186. The first-order valence-corrected chi connectivity index (χ1v) is 11.7. The fourth-order valence-electron chi connectivity index (χ4n) is 5.41. The van der Waals surface area contributed by atoms with Crippen LogP contribution in [0.3, 0.4) is 0 Å². The van der Waals surface area contributed by atoms with Gasteiger partial charge in [-0.25, -0.2) is 0 Å². The van der Waals surface area contributed by atoms with Crippen molar-refractivity contribution in [1.29, 1.82) is 0 Å². The van der Waals surface area contributed by atoms with E-state index in [1.165, 1.54) is 0 Å². The van der Waals surface area contributed by atoms with Crippen molar-refractivity contribution < 1.29 is 23.7 Å². The minimum Gasteiger partial charge on any atom is -0.471 e. The quantitative estimate of drug-likeness (QED) is 0.636. The first-order valence-electron chi connectivity index (χ1n) is 11.7. The molecule has 7 heteroatoms. The number of fused-ring (bicyclic) bond motifs is 2. The van der Waals surface area contributed by atoms with Gasteiger partial charge in [-0.15, -0.1) is 0 Å². The highest BCUT2D eigenvalue weighted by molar-refractivity contribution is 5.78. The molecule has 0 saturated carbocycles. The summed E-state index contributed by atoms with van der Waals surface area (Å²) in [4.78, 5) is 17.9. The number of carbonyl (C=O) groups is 1. The van der Waals surface area contributed by atoms with Gasteiger partial charge in [-0.05, 0) is 50.5 Å². The van der Waals surface area contributed by atoms with Gasteiger partial charge in [-0.3, -0.25) is 9.69 Å². The Morgan fingerprint density at radius 2 is 1.76 bits per heavy atom. The Hall–Kier alpha value is -2.93. The third-order valence-electron chi connectivity index (χ3n) is 7.11. The van der Waals surface area contributed by atoms with E-state index in [4.69, 9.17) is 18.9 Å². The van der Waals surface area contributed by atoms with Gasteiger partial charge in [0.1, 0.15) is 11.7 Å². The third kappa shape index (κ3) is 3.68. The highest BCUT2D eigenvalue weighted by atomic mass is 16.7. The molecule has 1 saturated heterocycles. The second-order valence-corrected chi connectivity index (χ2v) is 9.29. The Morgan fingerprint density at radius 3 is 2.39 bits per heavy atom. The summed E-state index contributed by atoms with van der Waals surface area (Å²) >= 11 is 0. The largest absolute Gasteiger partial charge is 0.471 e. The van der Waals surface area contributed by atoms with Crippen LogP contribution in [0.4, 0.5) is 5.69 Å². The lowest BCUT2D eigenvalue weighted by Gasteiger charge is -2.49. The van der Waals surface area contributed by atoms with Gasteiger partial charge in [-0.2, -0.15) is 0 Å². The molecule has 2 aromatic carbocycles. The number of carbonyl (C=O) groups excluding carboxylic acids is 1. The van der Waals surface area contributed by atoms with E-state index >= 15 is 0 Å². The van der Waals surface area contributed by atoms with Crippen LogP contribution in [-0.4, -0.2) is 57.2 Å². The highest BCUT2D eigenvalue weighted by Gasteiger charge is 2.56. The van der Waals surface area contributed by atoms with Gasteiger partial charge in [0.05, 0.1) is 6.61 Å². The highest BCUT2D eigenvalue weighted by Crippen LogP contribution is 2.53. The maximum Gasteiger partial charge on any atom is 0.315 e. The average molecular weight is 453 g/mol. The van der Waals surface area contributed by atoms with Crippen LogP contribution in [0.15, 0.2) is 36.4 Å². The number of ether oxygens (including phenoxy) is 4. The molecule has 0 N–H and O–H groups in total. The van der Waals surface area contributed by atoms with Gasteiger partial charge in [0.15, 0.2) is 17.2 Å². The Balaban J connectivity index is 1.69. The molecule has 0 spiro atoms. The smallest absolute Gasteiger partial charge is 0.315 e. The molecule has 3 heterocycles. The van der Waals surface area contributed by atoms with Crippen LogP contribution in [0, 0.1) is 5.92 Å². The number of nitrogens with zero attached hydrogens (tertiary/aromatic N) is 2. The van der Waals surface area contributed by atoms with E-state index in [1.807, 2.05) is 40.1 Å². The standard InChI is InChI=1S/C26H32N2O5/c1-5-30-25(29)24-23(17-8-10-18(11-9-17)27(3)4)19-14-21-22(32-16-31-21)15-20(19)33-26(24,2)28-12-6-7-13-28/h8-11,14-15,23-24H,5-7,12-13,16H2,1-4H3/t23-,24+,26-/m1/s1. The van der Waals surface area contributed by atoms with Crippen LogP contribution in [-0.2, 0) is 9.53 Å². The van der Waals surface area contributed by atoms with Gasteiger partial charge in [0, 0.05) is 50.4 Å². The zero-order chi connectivity index (χ0) is 23.2. The molecule has 1 fully saturated rings. The second kappa shape index (κ2) is 8.45. The molecule has 5 rings (SSSR count). The summed E-state index contributed by atoms with van der Waals surface area (Å²) in [5.74, 6) is 1.07. The summed E-state index contributed by atoms with van der Waals surface area (Å²) in [6.07, 6.45) is 2.18. The van der Waals surface area contributed by atoms with Crippen molar-refractivity contribution in [1.82, 2.24) is 4.90 Å². The SMILES string of the molecule is CCOC(=O)[C@@H]1[C@H](c2ccc(N(C)C)cc2)c2cc3c(cc2O[C@@]1(C)N1CCCC1)OCO3. The van der Waals surface area contributed by atoms with Crippen LogP contribution in [0.5, 0.6) is 17.2 Å². The number of likely N-dealkylation sites (tertiary alicyclic amines) is 1. The van der Waals surface area contributed by atoms with E-state index in [-0.39, 0.29) is 18.7 Å². The van der Waals surface area contributed by atoms with E-state index in [2.05, 4.69) is 34.1 Å². The number of hydrogen-bond donors (Lipinski definition) is 0. The number of esters is 1. The molecule has 3 atom stereocenters. The Bertz CT molecular complexity index is 1030. The Labute approximate surface area is 195 Å². The summed E-state index contributed by atoms with van der Waals surface area (Å²) in [6, 6.07) is 12.3. The molecule has 0 amide bonds. The van der Waals surface area contributed by atoms with E-state index < -0.39 is 11.6 Å². The second-order valence-electron chi connectivity index (χ2n) is 9.29. The van der Waals surface area contributed by atoms with Crippen molar-refractivity contribution in [3.63, 3.8) is 0 Å². The monoisotopic (exact) mass is 452 g/mol. The summed E-state index contributed by atoms with van der Waals surface area (Å²) in [5, 5.41) is 0. The molecule has 176 valence electrons. The topological polar surface area (TPSA) is 60.5 Å². The normalized spacial score (nSPS) is 25.9. The van der Waals surface area contributed by atoms with Crippen molar-refractivity contribution in [3.8, 4) is 17.2 Å². The van der Waals surface area contributed by atoms with Crippen LogP contribution in [0.2, 0.25) is 0 Å². The van der Waals surface area contributed by atoms with Crippen LogP contribution < -0.4 is 19.1 Å². The fraction of sp³-hybridized carbons (Fsp3) is 0.500. The lowest BCUT2D eigenvalue weighted by molar-refractivity contribution is -0.174. The summed E-state index contributed by atoms with van der Waals surface area (Å²) in [6.45, 7) is 6.17. The van der Waals surface area contributed by atoms with Crippen molar-refractivity contribution in [2.45, 2.75) is 38.3 Å². The number of rotatable bonds is 5. The molecule has 2 aromatic rings. The molecule has 33 heavy (non-hydrogen) atoms. The summed E-state index contributed by atoms with van der Waals surface area (Å²) < 4.78 is 23.7. The molecule has 0 bridgehead atoms. The zero-order valence-electron chi connectivity index (χ0n) is 19.8. The zero-order valence-corrected chi connectivity index (χ0v) is 19.8. The maximum atomic E-state index is 13.6. The van der Waals surface area contributed by atoms with Crippen molar-refractivity contribution in [2.24, 2.45) is 5.92 Å². The fourth-order valence-corrected chi connectivity index (χ4v) is 5.41. The lowest BCUT2D eigenvalue weighted by atomic mass is 9.72. The van der Waals surface area contributed by atoms with Gasteiger partial charge in [-0.1, -0.05) is 12.1 Å². The van der Waals surface area contributed by atoms with E-state index in [0.29, 0.717) is 18.1 Å². The van der Waals surface area contributed by atoms with Crippen molar-refractivity contribution in [2.75, 3.05) is 45.5 Å². The summed E-state index contributed by atoms with van der Waals surface area (Å²) in [7, 11) is 4.04. The Morgan fingerprint density at radius 1 is 1.09 bits per heavy atom. The average Bonchev–Trinajstić information content (AvgIpc) is 3.49. The molecule has 0 aromatic heterocycles. The van der Waals surface area contributed by atoms with Crippen LogP contribution in [0.1, 0.15) is 43.7 Å².